The Hall–Kier alpha value is -2.88. The van der Waals surface area contributed by atoms with Gasteiger partial charge in [0.25, 0.3) is 0 Å². The van der Waals surface area contributed by atoms with Crippen LogP contribution in [0.5, 0.6) is 11.5 Å². The average molecular weight is 437 g/mol. The van der Waals surface area contributed by atoms with Crippen molar-refractivity contribution in [3.8, 4) is 11.5 Å². The van der Waals surface area contributed by atoms with Gasteiger partial charge in [0.2, 0.25) is 0 Å². The zero-order chi connectivity index (χ0) is 22.5. The van der Waals surface area contributed by atoms with Gasteiger partial charge in [-0.05, 0) is 62.1 Å². The number of hydrogen-bond donors (Lipinski definition) is 0. The molecule has 0 bridgehead atoms. The van der Waals surface area contributed by atoms with Crippen molar-refractivity contribution >= 4 is 0 Å². The first-order valence-electron chi connectivity index (χ1n) is 11.7. The van der Waals surface area contributed by atoms with Crippen LogP contribution in [0.25, 0.3) is 0 Å². The van der Waals surface area contributed by atoms with Crippen LogP contribution >= 0.6 is 0 Å². The van der Waals surface area contributed by atoms with Crippen LogP contribution in [0.3, 0.4) is 0 Å². The van der Waals surface area contributed by atoms with Gasteiger partial charge in [0.15, 0.2) is 0 Å². The highest BCUT2D eigenvalue weighted by Gasteiger charge is 2.35. The third-order valence-electron chi connectivity index (χ3n) is 5.93. The number of ether oxygens (including phenoxy) is 4. The molecule has 1 aliphatic rings. The van der Waals surface area contributed by atoms with E-state index in [-0.39, 0.29) is 5.41 Å². The number of benzene rings is 2. The Bertz CT molecular complexity index is 765. The van der Waals surface area contributed by atoms with Crippen LogP contribution in [-0.2, 0) is 14.9 Å². The summed E-state index contributed by atoms with van der Waals surface area (Å²) in [7, 11) is 0. The first-order valence-corrected chi connectivity index (χ1v) is 11.7. The first-order chi connectivity index (χ1) is 15.8. The van der Waals surface area contributed by atoms with Crippen molar-refractivity contribution in [2.45, 2.75) is 51.4 Å². The summed E-state index contributed by atoms with van der Waals surface area (Å²) in [4.78, 5) is 0. The molecule has 3 rings (SSSR count). The monoisotopic (exact) mass is 436 g/mol. The van der Waals surface area contributed by atoms with Gasteiger partial charge in [0, 0.05) is 5.41 Å². The van der Waals surface area contributed by atoms with E-state index in [1.54, 1.807) is 12.5 Å². The fourth-order valence-electron chi connectivity index (χ4n) is 4.38. The van der Waals surface area contributed by atoms with E-state index in [9.17, 15) is 0 Å². The van der Waals surface area contributed by atoms with Crippen LogP contribution in [-0.4, -0.2) is 26.4 Å². The maximum atomic E-state index is 5.82. The second-order valence-electron chi connectivity index (χ2n) is 8.07. The molecule has 2 aromatic rings. The van der Waals surface area contributed by atoms with E-state index in [1.807, 2.05) is 26.0 Å². The Balaban J connectivity index is 1.67. The van der Waals surface area contributed by atoms with E-state index >= 15 is 0 Å². The Morgan fingerprint density at radius 3 is 1.47 bits per heavy atom. The molecule has 172 valence electrons. The summed E-state index contributed by atoms with van der Waals surface area (Å²) in [5.74, 6) is 1.76. The second kappa shape index (κ2) is 12.8. The molecule has 0 aromatic heterocycles. The third kappa shape index (κ3) is 6.56. The van der Waals surface area contributed by atoms with Crippen molar-refractivity contribution < 1.29 is 18.9 Å². The van der Waals surface area contributed by atoms with Gasteiger partial charge in [0.05, 0.1) is 12.5 Å². The van der Waals surface area contributed by atoms with Crippen molar-refractivity contribution in [1.82, 2.24) is 0 Å². The van der Waals surface area contributed by atoms with Crippen LogP contribution in [0.4, 0.5) is 0 Å². The minimum atomic E-state index is 0.0549. The summed E-state index contributed by atoms with van der Waals surface area (Å²) in [6, 6.07) is 17.3. The number of allylic oxidation sites excluding steroid dienone is 2. The van der Waals surface area contributed by atoms with Crippen molar-refractivity contribution in [3.63, 3.8) is 0 Å². The lowest BCUT2D eigenvalue weighted by Crippen LogP contribution is -2.30. The summed E-state index contributed by atoms with van der Waals surface area (Å²) in [5, 5.41) is 0. The Morgan fingerprint density at radius 2 is 1.06 bits per heavy atom. The molecule has 0 spiro atoms. The molecule has 0 atom stereocenters. The highest BCUT2D eigenvalue weighted by molar-refractivity contribution is 5.43. The highest BCUT2D eigenvalue weighted by Crippen LogP contribution is 2.45. The summed E-state index contributed by atoms with van der Waals surface area (Å²) in [6.07, 6.45) is 13.3. The summed E-state index contributed by atoms with van der Waals surface area (Å²) in [6.45, 7) is 6.04. The summed E-state index contributed by atoms with van der Waals surface area (Å²) in [5.41, 5.74) is 2.78. The SMILES string of the molecule is C/C=C\OCCOc1ccc(C2(c3ccc(OCCO/C=C/C)cc3)CCCCC2)cc1. The molecule has 2 aromatic carbocycles. The molecule has 4 heteroatoms. The minimum Gasteiger partial charge on any atom is -0.498 e. The van der Waals surface area contributed by atoms with Gasteiger partial charge in [0.1, 0.15) is 37.9 Å². The lowest BCUT2D eigenvalue weighted by molar-refractivity contribution is 0.178. The van der Waals surface area contributed by atoms with Crippen LogP contribution < -0.4 is 9.47 Å². The maximum Gasteiger partial charge on any atom is 0.122 e. The van der Waals surface area contributed by atoms with Crippen molar-refractivity contribution in [2.24, 2.45) is 0 Å². The van der Waals surface area contributed by atoms with E-state index < -0.39 is 0 Å². The van der Waals surface area contributed by atoms with Crippen molar-refractivity contribution in [3.05, 3.63) is 84.3 Å². The lowest BCUT2D eigenvalue weighted by atomic mass is 9.65. The molecule has 4 nitrogen and oxygen atoms in total. The van der Waals surface area contributed by atoms with Gasteiger partial charge in [-0.1, -0.05) is 55.7 Å². The van der Waals surface area contributed by atoms with Gasteiger partial charge in [-0.2, -0.15) is 0 Å². The fourth-order valence-corrected chi connectivity index (χ4v) is 4.38. The van der Waals surface area contributed by atoms with Gasteiger partial charge in [-0.3, -0.25) is 0 Å². The molecule has 1 aliphatic carbocycles. The molecule has 0 radical (unpaired) electrons. The van der Waals surface area contributed by atoms with Crippen molar-refractivity contribution in [1.29, 1.82) is 0 Å². The predicted molar refractivity (Wildman–Crippen MR) is 129 cm³/mol. The molecule has 32 heavy (non-hydrogen) atoms. The quantitative estimate of drug-likeness (QED) is 0.271. The zero-order valence-corrected chi connectivity index (χ0v) is 19.4. The Labute approximate surface area is 192 Å². The van der Waals surface area contributed by atoms with Gasteiger partial charge in [-0.15, -0.1) is 0 Å². The van der Waals surface area contributed by atoms with Crippen LogP contribution in [0.1, 0.15) is 57.1 Å². The molecule has 0 aliphatic heterocycles. The first kappa shape index (κ1) is 23.8. The summed E-state index contributed by atoms with van der Waals surface area (Å²) < 4.78 is 22.3. The molecule has 0 saturated heterocycles. The van der Waals surface area contributed by atoms with Crippen LogP contribution in [0.15, 0.2) is 73.2 Å². The predicted octanol–water partition coefficient (Wildman–Crippen LogP) is 6.79. The summed E-state index contributed by atoms with van der Waals surface area (Å²) >= 11 is 0. The Morgan fingerprint density at radius 1 is 0.625 bits per heavy atom. The molecule has 0 heterocycles. The Kier molecular flexibility index (Phi) is 9.55. The van der Waals surface area contributed by atoms with E-state index in [0.717, 1.165) is 11.5 Å². The molecular formula is C28H36O4. The van der Waals surface area contributed by atoms with Gasteiger partial charge >= 0.3 is 0 Å². The molecule has 1 saturated carbocycles. The largest absolute Gasteiger partial charge is 0.498 e. The molecule has 0 unspecified atom stereocenters. The smallest absolute Gasteiger partial charge is 0.122 e. The highest BCUT2D eigenvalue weighted by atomic mass is 16.5. The maximum absolute atomic E-state index is 5.82. The third-order valence-corrected chi connectivity index (χ3v) is 5.93. The van der Waals surface area contributed by atoms with Crippen LogP contribution in [0.2, 0.25) is 0 Å². The van der Waals surface area contributed by atoms with E-state index in [2.05, 4.69) is 48.5 Å². The van der Waals surface area contributed by atoms with E-state index in [4.69, 9.17) is 18.9 Å². The van der Waals surface area contributed by atoms with Gasteiger partial charge < -0.3 is 18.9 Å². The molecule has 0 amide bonds. The second-order valence-corrected chi connectivity index (χ2v) is 8.07. The van der Waals surface area contributed by atoms with Crippen LogP contribution in [0, 0.1) is 0 Å². The number of hydrogen-bond acceptors (Lipinski definition) is 4. The van der Waals surface area contributed by atoms with Gasteiger partial charge in [-0.25, -0.2) is 0 Å². The minimum absolute atomic E-state index is 0.0549. The lowest BCUT2D eigenvalue weighted by Gasteiger charge is -2.38. The topological polar surface area (TPSA) is 36.9 Å². The molecule has 1 fully saturated rings. The van der Waals surface area contributed by atoms with E-state index in [1.165, 1.54) is 43.2 Å². The van der Waals surface area contributed by atoms with Crippen molar-refractivity contribution in [2.75, 3.05) is 26.4 Å². The molecule has 0 N–H and O–H groups in total. The fraction of sp³-hybridized carbons (Fsp3) is 0.429. The molecular weight excluding hydrogens is 400 g/mol. The average Bonchev–Trinajstić information content (AvgIpc) is 2.85. The van der Waals surface area contributed by atoms with E-state index in [0.29, 0.717) is 26.4 Å². The zero-order valence-electron chi connectivity index (χ0n) is 19.4. The normalized spacial score (nSPS) is 15.7. The number of rotatable bonds is 12. The standard InChI is InChI=1S/C28H36O4/c1-3-18-29-20-22-31-26-12-8-24(9-13-26)28(16-6-5-7-17-28)25-10-14-27(15-11-25)32-23-21-30-19-4-2/h3-4,8-15,18-19H,5-7,16-17,20-23H2,1-2H3/b18-3-,19-4+.